The van der Waals surface area contributed by atoms with Crippen LogP contribution in [0.3, 0.4) is 0 Å². The normalized spacial score (nSPS) is 42.8. The Hall–Kier alpha value is -0.0700. The standard InChI is InChI=1S/C29H51O2P/c1-20(2)21(3)9-8-10-22-12-14-26-25-13-11-23-19-24(31-32(6,7)30)15-17-29(23,5)27(25)16-18-28(22,26)4/h11,20-22,24-27H,8-10,12-19H2,1-7H3. The van der Waals surface area contributed by atoms with E-state index in [4.69, 9.17) is 4.52 Å². The van der Waals surface area contributed by atoms with E-state index >= 15 is 0 Å². The number of fused-ring (bicyclic) bond motifs is 5. The highest BCUT2D eigenvalue weighted by molar-refractivity contribution is 7.57. The summed E-state index contributed by atoms with van der Waals surface area (Å²) in [7, 11) is -2.41. The summed E-state index contributed by atoms with van der Waals surface area (Å²) in [5.41, 5.74) is 2.59. The molecule has 8 atom stereocenters. The molecule has 4 aliphatic carbocycles. The van der Waals surface area contributed by atoms with Gasteiger partial charge < -0.3 is 4.52 Å². The van der Waals surface area contributed by atoms with Crippen LogP contribution in [-0.2, 0) is 9.09 Å². The monoisotopic (exact) mass is 462 g/mol. The second-order valence-electron chi connectivity index (χ2n) is 13.5. The van der Waals surface area contributed by atoms with E-state index in [1.807, 2.05) is 0 Å². The molecular weight excluding hydrogens is 411 g/mol. The summed E-state index contributed by atoms with van der Waals surface area (Å²) in [6.45, 7) is 16.0. The minimum Gasteiger partial charge on any atom is -0.325 e. The molecule has 0 amide bonds. The Morgan fingerprint density at radius 1 is 1.06 bits per heavy atom. The molecule has 3 fully saturated rings. The molecule has 4 aliphatic rings. The maximum absolute atomic E-state index is 12.2. The van der Waals surface area contributed by atoms with Crippen molar-refractivity contribution in [1.82, 2.24) is 0 Å². The first-order valence-corrected chi connectivity index (χ1v) is 16.4. The molecule has 32 heavy (non-hydrogen) atoms. The van der Waals surface area contributed by atoms with Crippen LogP contribution in [0.25, 0.3) is 0 Å². The third kappa shape index (κ3) is 4.71. The smallest absolute Gasteiger partial charge is 0.197 e. The van der Waals surface area contributed by atoms with Gasteiger partial charge in [-0.05, 0) is 104 Å². The highest BCUT2D eigenvalue weighted by Gasteiger charge is 2.58. The lowest BCUT2D eigenvalue weighted by Gasteiger charge is -2.58. The van der Waals surface area contributed by atoms with Gasteiger partial charge >= 0.3 is 0 Å². The van der Waals surface area contributed by atoms with E-state index in [9.17, 15) is 4.57 Å². The van der Waals surface area contributed by atoms with Crippen molar-refractivity contribution in [3.63, 3.8) is 0 Å². The van der Waals surface area contributed by atoms with E-state index in [1.165, 1.54) is 57.8 Å². The van der Waals surface area contributed by atoms with Gasteiger partial charge in [-0.25, -0.2) is 0 Å². The number of hydrogen-bond donors (Lipinski definition) is 0. The second-order valence-corrected chi connectivity index (χ2v) is 16.2. The van der Waals surface area contributed by atoms with Gasteiger partial charge in [0, 0.05) is 13.3 Å². The van der Waals surface area contributed by atoms with E-state index in [0.29, 0.717) is 10.8 Å². The number of allylic oxidation sites excluding steroid dienone is 1. The molecule has 0 aliphatic heterocycles. The van der Waals surface area contributed by atoms with Gasteiger partial charge in [-0.3, -0.25) is 4.57 Å². The fourth-order valence-corrected chi connectivity index (χ4v) is 9.58. The van der Waals surface area contributed by atoms with Gasteiger partial charge in [-0.2, -0.15) is 0 Å². The van der Waals surface area contributed by atoms with Crippen LogP contribution in [0.2, 0.25) is 0 Å². The largest absolute Gasteiger partial charge is 0.325 e. The third-order valence-electron chi connectivity index (χ3n) is 11.0. The van der Waals surface area contributed by atoms with Crippen molar-refractivity contribution in [3.05, 3.63) is 11.6 Å². The fraction of sp³-hybridized carbons (Fsp3) is 0.931. The Bertz CT molecular complexity index is 750. The molecular formula is C29H51O2P. The maximum Gasteiger partial charge on any atom is 0.197 e. The lowest BCUT2D eigenvalue weighted by atomic mass is 9.47. The zero-order chi connectivity index (χ0) is 23.3. The molecule has 184 valence electrons. The first-order valence-electron chi connectivity index (χ1n) is 13.9. The van der Waals surface area contributed by atoms with Crippen molar-refractivity contribution in [3.8, 4) is 0 Å². The van der Waals surface area contributed by atoms with Gasteiger partial charge in [0.25, 0.3) is 0 Å². The summed E-state index contributed by atoms with van der Waals surface area (Å²) in [6, 6.07) is 0. The molecule has 3 saturated carbocycles. The summed E-state index contributed by atoms with van der Waals surface area (Å²) in [5.74, 6) is 5.33. The van der Waals surface area contributed by atoms with E-state index in [2.05, 4.69) is 40.7 Å². The van der Waals surface area contributed by atoms with Crippen molar-refractivity contribution < 1.29 is 9.09 Å². The van der Waals surface area contributed by atoms with Crippen molar-refractivity contribution >= 4 is 7.37 Å². The molecule has 8 unspecified atom stereocenters. The molecule has 0 aromatic rings. The summed E-state index contributed by atoms with van der Waals surface area (Å²) in [6.07, 6.45) is 17.5. The maximum atomic E-state index is 12.2. The predicted octanol–water partition coefficient (Wildman–Crippen LogP) is 8.95. The highest BCUT2D eigenvalue weighted by atomic mass is 31.2. The summed E-state index contributed by atoms with van der Waals surface area (Å²) < 4.78 is 18.2. The quantitative estimate of drug-likeness (QED) is 0.279. The highest BCUT2D eigenvalue weighted by Crippen LogP contribution is 2.67. The van der Waals surface area contributed by atoms with Crippen LogP contribution in [0.4, 0.5) is 0 Å². The number of rotatable bonds is 7. The Labute approximate surface area is 199 Å². The van der Waals surface area contributed by atoms with Gasteiger partial charge in [0.05, 0.1) is 6.10 Å². The Morgan fingerprint density at radius 3 is 2.50 bits per heavy atom. The first kappa shape index (κ1) is 25.0. The average Bonchev–Trinajstić information content (AvgIpc) is 3.03. The third-order valence-corrected chi connectivity index (χ3v) is 11.8. The van der Waals surface area contributed by atoms with Gasteiger partial charge in [0.1, 0.15) is 0 Å². The molecule has 0 radical (unpaired) electrons. The van der Waals surface area contributed by atoms with Crippen LogP contribution in [0.1, 0.15) is 105 Å². The minimum atomic E-state index is -2.41. The molecule has 0 bridgehead atoms. The van der Waals surface area contributed by atoms with Gasteiger partial charge in [0.2, 0.25) is 0 Å². The first-order chi connectivity index (χ1) is 14.9. The zero-order valence-corrected chi connectivity index (χ0v) is 23.1. The molecule has 0 N–H and O–H groups in total. The molecule has 2 nitrogen and oxygen atoms in total. The SMILES string of the molecule is CC(C)C(C)CCCC1CCC2C3CC=C4CC(OP(C)(C)=O)CCC4(C)C3CCC12C. The topological polar surface area (TPSA) is 26.3 Å². The molecule has 3 heteroatoms. The van der Waals surface area contributed by atoms with Gasteiger partial charge in [-0.15, -0.1) is 0 Å². The lowest BCUT2D eigenvalue weighted by Crippen LogP contribution is -2.50. The summed E-state index contributed by atoms with van der Waals surface area (Å²) in [4.78, 5) is 0. The van der Waals surface area contributed by atoms with Crippen LogP contribution in [0.15, 0.2) is 11.6 Å². The predicted molar refractivity (Wildman–Crippen MR) is 137 cm³/mol. The fourth-order valence-electron chi connectivity index (χ4n) is 8.68. The van der Waals surface area contributed by atoms with E-state index in [0.717, 1.165) is 48.3 Å². The lowest BCUT2D eigenvalue weighted by molar-refractivity contribution is -0.0492. The van der Waals surface area contributed by atoms with Crippen LogP contribution in [-0.4, -0.2) is 19.4 Å². The Kier molecular flexibility index (Phi) is 7.18. The minimum absolute atomic E-state index is 0.171. The van der Waals surface area contributed by atoms with Crippen LogP contribution in [0.5, 0.6) is 0 Å². The van der Waals surface area contributed by atoms with E-state index in [-0.39, 0.29) is 6.10 Å². The molecule has 0 saturated heterocycles. The molecule has 4 rings (SSSR count). The molecule has 0 aromatic heterocycles. The van der Waals surface area contributed by atoms with E-state index in [1.54, 1.807) is 18.9 Å². The Balaban J connectivity index is 1.43. The van der Waals surface area contributed by atoms with Gasteiger partial charge in [0.15, 0.2) is 7.37 Å². The summed E-state index contributed by atoms with van der Waals surface area (Å²) >= 11 is 0. The van der Waals surface area contributed by atoms with Crippen LogP contribution >= 0.6 is 7.37 Å². The Morgan fingerprint density at radius 2 is 1.81 bits per heavy atom. The van der Waals surface area contributed by atoms with Crippen molar-refractivity contribution in [2.24, 2.45) is 46.3 Å². The zero-order valence-electron chi connectivity index (χ0n) is 22.2. The molecule has 0 aromatic carbocycles. The molecule has 0 spiro atoms. The average molecular weight is 463 g/mol. The van der Waals surface area contributed by atoms with Crippen molar-refractivity contribution in [2.45, 2.75) is 111 Å². The van der Waals surface area contributed by atoms with Gasteiger partial charge in [-0.1, -0.05) is 59.1 Å². The van der Waals surface area contributed by atoms with Crippen molar-refractivity contribution in [2.75, 3.05) is 13.3 Å². The van der Waals surface area contributed by atoms with E-state index < -0.39 is 7.37 Å². The van der Waals surface area contributed by atoms with Crippen LogP contribution < -0.4 is 0 Å². The second kappa shape index (κ2) is 9.18. The summed E-state index contributed by atoms with van der Waals surface area (Å²) in [5, 5.41) is 0. The number of hydrogen-bond acceptors (Lipinski definition) is 2. The van der Waals surface area contributed by atoms with Crippen LogP contribution in [0, 0.1) is 46.3 Å². The molecule has 0 heterocycles. The van der Waals surface area contributed by atoms with Crippen molar-refractivity contribution in [1.29, 1.82) is 0 Å².